The van der Waals surface area contributed by atoms with Crippen LogP contribution in [0.5, 0.6) is 11.5 Å². The molecule has 3 rings (SSSR count). The number of fused-ring (bicyclic) bond motifs is 2. The summed E-state index contributed by atoms with van der Waals surface area (Å²) >= 11 is 0. The van der Waals surface area contributed by atoms with Crippen LogP contribution in [0.15, 0.2) is 48.8 Å². The fraction of sp³-hybridized carbons (Fsp3) is 0.250. The van der Waals surface area contributed by atoms with Crippen molar-refractivity contribution in [2.45, 2.75) is 0 Å². The predicted molar refractivity (Wildman–Crippen MR) is 90.6 cm³/mol. The van der Waals surface area contributed by atoms with E-state index in [0.717, 1.165) is 0 Å². The minimum Gasteiger partial charge on any atom is -0.491 e. The van der Waals surface area contributed by atoms with E-state index in [-0.39, 0.29) is 26.4 Å². The zero-order valence-electron chi connectivity index (χ0n) is 13.9. The summed E-state index contributed by atoms with van der Waals surface area (Å²) in [7, 11) is -3.67. The third-order valence-corrected chi connectivity index (χ3v) is 5.36. The van der Waals surface area contributed by atoms with Gasteiger partial charge in [-0.05, 0) is 12.1 Å². The number of amides is 1. The maximum atomic E-state index is 13.1. The molecular weight excluding hydrogens is 361 g/mol. The van der Waals surface area contributed by atoms with Crippen molar-refractivity contribution in [1.29, 1.82) is 0 Å². The predicted octanol–water partition coefficient (Wildman–Crippen LogP) is 1.04. The molecule has 0 aliphatic carbocycles. The number of hydrogen-bond donors (Lipinski definition) is 2. The van der Waals surface area contributed by atoms with Crippen molar-refractivity contribution < 1.29 is 32.2 Å². The number of carbonyl (C=O) groups excluding carboxylic acids is 1. The Kier molecular flexibility index (Phi) is 5.85. The molecule has 0 atom stereocenters. The molecule has 0 unspecified atom stereocenters. The van der Waals surface area contributed by atoms with Gasteiger partial charge < -0.3 is 9.47 Å². The largest absolute Gasteiger partial charge is 0.613 e. The second kappa shape index (κ2) is 8.29. The molecule has 138 valence electrons. The van der Waals surface area contributed by atoms with E-state index in [1.807, 2.05) is 11.5 Å². The van der Waals surface area contributed by atoms with E-state index in [4.69, 9.17) is 24.4 Å². The van der Waals surface area contributed by atoms with Crippen molar-refractivity contribution in [3.63, 3.8) is 0 Å². The van der Waals surface area contributed by atoms with Crippen molar-refractivity contribution in [3.8, 4) is 11.5 Å². The van der Waals surface area contributed by atoms with E-state index in [2.05, 4.69) is 0 Å². The first kappa shape index (κ1) is 18.3. The number of hydrazine groups is 1. The van der Waals surface area contributed by atoms with Gasteiger partial charge in [0, 0.05) is 18.2 Å². The highest BCUT2D eigenvalue weighted by Gasteiger charge is 2.38. The molecule has 1 aliphatic rings. The van der Waals surface area contributed by atoms with Crippen molar-refractivity contribution in [3.05, 3.63) is 54.4 Å². The molecule has 9 nitrogen and oxygen atoms in total. The van der Waals surface area contributed by atoms with E-state index in [9.17, 15) is 9.36 Å². The first-order valence-electron chi connectivity index (χ1n) is 7.89. The Hall–Kier alpha value is -2.45. The van der Waals surface area contributed by atoms with Gasteiger partial charge in [0.05, 0.1) is 18.8 Å². The van der Waals surface area contributed by atoms with Crippen LogP contribution < -0.4 is 25.1 Å². The van der Waals surface area contributed by atoms with Gasteiger partial charge in [0.1, 0.15) is 24.7 Å². The smallest absolute Gasteiger partial charge is 0.491 e. The molecule has 2 aromatic rings. The van der Waals surface area contributed by atoms with Crippen LogP contribution in [-0.4, -0.2) is 32.3 Å². The second-order valence-corrected chi connectivity index (χ2v) is 7.16. The average molecular weight is 380 g/mol. The summed E-state index contributed by atoms with van der Waals surface area (Å²) < 4.78 is 36.5. The number of carbonyl (C=O) groups is 1. The Bertz CT molecular complexity index is 783. The van der Waals surface area contributed by atoms with Crippen LogP contribution in [0.4, 0.5) is 0 Å². The van der Waals surface area contributed by atoms with Crippen LogP contribution in [-0.2, 0) is 13.6 Å². The standard InChI is InChI=1S/C16H18N3O6P/c17-18-16(20)13-4-6-19(7-5-13)26(21)24-10-8-22-14-2-1-3-15(12-14)23-9-11-25-26/h1-7,12,17,20H,8-11H2/p+1. The van der Waals surface area contributed by atoms with Gasteiger partial charge in [0.25, 0.3) is 5.91 Å². The molecule has 2 heterocycles. The fourth-order valence-electron chi connectivity index (χ4n) is 2.27. The number of hydrogen-bond acceptors (Lipinski definition) is 7. The lowest BCUT2D eigenvalue weighted by molar-refractivity contribution is -0.541. The molecular formula is C16H19N3O6P+. The molecule has 0 spiro atoms. The third kappa shape index (κ3) is 4.39. The molecule has 1 aliphatic heterocycles. The van der Waals surface area contributed by atoms with Gasteiger partial charge in [0.2, 0.25) is 0 Å². The highest BCUT2D eigenvalue weighted by Crippen LogP contribution is 2.42. The van der Waals surface area contributed by atoms with Gasteiger partial charge in [-0.25, -0.2) is 5.84 Å². The Morgan fingerprint density at radius 3 is 2.12 bits per heavy atom. The number of aromatic nitrogens is 1. The van der Waals surface area contributed by atoms with Gasteiger partial charge in [-0.1, -0.05) is 6.07 Å². The van der Waals surface area contributed by atoms with Crippen LogP contribution in [0, 0.1) is 0 Å². The zero-order chi connectivity index (χ0) is 18.4. The summed E-state index contributed by atoms with van der Waals surface area (Å²) in [5.41, 5.74) is 2.34. The molecule has 0 saturated heterocycles. The number of nitrogens with zero attached hydrogens (tertiary/aromatic N) is 1. The molecule has 1 aromatic heterocycles. The molecule has 10 heteroatoms. The van der Waals surface area contributed by atoms with Crippen molar-refractivity contribution in [2.75, 3.05) is 26.4 Å². The Morgan fingerprint density at radius 1 is 1.00 bits per heavy atom. The third-order valence-electron chi connectivity index (χ3n) is 3.51. The van der Waals surface area contributed by atoms with E-state index in [1.165, 1.54) is 28.9 Å². The average Bonchev–Trinajstić information content (AvgIpc) is 2.68. The second-order valence-electron chi connectivity index (χ2n) is 5.25. The van der Waals surface area contributed by atoms with Gasteiger partial charge in [-0.15, -0.1) is 4.34 Å². The fourth-order valence-corrected chi connectivity index (χ4v) is 3.68. The lowest BCUT2D eigenvalue weighted by Gasteiger charge is -2.15. The molecule has 1 aromatic carbocycles. The highest BCUT2D eigenvalue weighted by molar-refractivity contribution is 7.46. The van der Waals surface area contributed by atoms with Crippen molar-refractivity contribution in [1.82, 2.24) is 5.43 Å². The number of benzene rings is 1. The lowest BCUT2D eigenvalue weighted by Crippen LogP contribution is -2.35. The number of nitrogen functional groups attached to an aromatic ring is 1. The summed E-state index contributed by atoms with van der Waals surface area (Å²) in [6, 6.07) is 10.1. The van der Waals surface area contributed by atoms with E-state index in [0.29, 0.717) is 17.1 Å². The molecule has 0 saturated carbocycles. The van der Waals surface area contributed by atoms with Crippen LogP contribution in [0.1, 0.15) is 10.4 Å². The number of ether oxygens (including phenoxy) is 2. The first-order valence-corrected chi connectivity index (χ1v) is 9.38. The molecule has 1 amide bonds. The van der Waals surface area contributed by atoms with Gasteiger partial charge >= 0.3 is 7.75 Å². The normalized spacial score (nSPS) is 17.0. The van der Waals surface area contributed by atoms with E-state index < -0.39 is 13.7 Å². The number of pyridine rings is 1. The van der Waals surface area contributed by atoms with Crippen LogP contribution >= 0.6 is 7.75 Å². The minimum absolute atomic E-state index is 0.0560. The first-order chi connectivity index (χ1) is 12.6. The topological polar surface area (TPSA) is 113 Å². The molecule has 2 bridgehead atoms. The molecule has 0 fully saturated rings. The monoisotopic (exact) mass is 380 g/mol. The van der Waals surface area contributed by atoms with E-state index >= 15 is 0 Å². The quantitative estimate of drug-likeness (QED) is 0.346. The lowest BCUT2D eigenvalue weighted by atomic mass is 10.3. The summed E-state index contributed by atoms with van der Waals surface area (Å²) in [5.74, 6) is 5.90. The summed E-state index contributed by atoms with van der Waals surface area (Å²) in [6.45, 7) is 0.483. The maximum absolute atomic E-state index is 13.1. The van der Waals surface area contributed by atoms with Crippen LogP contribution in [0.2, 0.25) is 0 Å². The SMILES string of the molecule is NNC(=O)c1cc[n+](P2(=O)OCCOc3cccc(c3)OCCO2)cc1. The van der Waals surface area contributed by atoms with E-state index in [1.54, 1.807) is 18.2 Å². The Balaban J connectivity index is 1.75. The number of nitrogens with two attached hydrogens (primary N) is 1. The van der Waals surface area contributed by atoms with Crippen molar-refractivity contribution >= 4 is 13.7 Å². The van der Waals surface area contributed by atoms with Gasteiger partial charge in [-0.2, -0.15) is 4.57 Å². The number of nitrogens with one attached hydrogen (secondary N) is 1. The Morgan fingerprint density at radius 2 is 1.58 bits per heavy atom. The van der Waals surface area contributed by atoms with Gasteiger partial charge in [-0.3, -0.25) is 19.3 Å². The molecule has 3 N–H and O–H groups in total. The van der Waals surface area contributed by atoms with Crippen LogP contribution in [0.25, 0.3) is 0 Å². The zero-order valence-corrected chi connectivity index (χ0v) is 14.8. The summed E-state index contributed by atoms with van der Waals surface area (Å²) in [4.78, 5) is 11.5. The van der Waals surface area contributed by atoms with Crippen molar-refractivity contribution in [2.24, 2.45) is 5.84 Å². The summed E-state index contributed by atoms with van der Waals surface area (Å²) in [6.07, 6.45) is 2.86. The van der Waals surface area contributed by atoms with Gasteiger partial charge in [0.15, 0.2) is 12.4 Å². The summed E-state index contributed by atoms with van der Waals surface area (Å²) in [5, 5.41) is 0. The molecule has 0 radical (unpaired) electrons. The Labute approximate surface area is 150 Å². The number of rotatable bonds is 2. The van der Waals surface area contributed by atoms with Crippen LogP contribution in [0.3, 0.4) is 0 Å². The minimum atomic E-state index is -3.67. The highest BCUT2D eigenvalue weighted by atomic mass is 31.2. The maximum Gasteiger partial charge on any atom is 0.613 e. The molecule has 26 heavy (non-hydrogen) atoms.